The smallest absolute Gasteiger partial charge is 0.255 e. The highest BCUT2D eigenvalue weighted by atomic mass is 16.2. The number of nitrogens with zero attached hydrogens (tertiary/aromatic N) is 1. The second-order valence-electron chi connectivity index (χ2n) is 9.62. The molecule has 1 fully saturated rings. The summed E-state index contributed by atoms with van der Waals surface area (Å²) in [5, 5.41) is 5.65. The topological polar surface area (TPSA) is 95.6 Å². The Labute approximate surface area is 215 Å². The summed E-state index contributed by atoms with van der Waals surface area (Å²) in [6.45, 7) is 3.95. The van der Waals surface area contributed by atoms with Gasteiger partial charge >= 0.3 is 0 Å². The third-order valence-corrected chi connectivity index (χ3v) is 6.90. The van der Waals surface area contributed by atoms with E-state index in [9.17, 15) is 19.2 Å². The molecule has 0 bridgehead atoms. The maximum atomic E-state index is 13.0. The molecule has 7 heteroatoms. The first-order chi connectivity index (χ1) is 17.8. The van der Waals surface area contributed by atoms with E-state index in [1.807, 2.05) is 44.2 Å². The summed E-state index contributed by atoms with van der Waals surface area (Å²) in [7, 11) is 0. The third kappa shape index (κ3) is 4.93. The van der Waals surface area contributed by atoms with Crippen molar-refractivity contribution in [2.24, 2.45) is 11.8 Å². The van der Waals surface area contributed by atoms with E-state index in [0.717, 1.165) is 11.1 Å². The lowest BCUT2D eigenvalue weighted by Gasteiger charge is -2.18. The van der Waals surface area contributed by atoms with Crippen molar-refractivity contribution in [1.29, 1.82) is 0 Å². The lowest BCUT2D eigenvalue weighted by molar-refractivity contribution is -0.122. The highest BCUT2D eigenvalue weighted by Gasteiger charge is 2.48. The first-order valence-electron chi connectivity index (χ1n) is 12.2. The van der Waals surface area contributed by atoms with Crippen LogP contribution < -0.4 is 15.5 Å². The fourth-order valence-corrected chi connectivity index (χ4v) is 4.83. The van der Waals surface area contributed by atoms with E-state index in [2.05, 4.69) is 10.6 Å². The van der Waals surface area contributed by atoms with Gasteiger partial charge in [-0.15, -0.1) is 0 Å². The Morgan fingerprint density at radius 1 is 0.757 bits per heavy atom. The zero-order valence-electron chi connectivity index (χ0n) is 20.7. The SMILES string of the molecule is CC1=CC[C@H]2C(=O)N(c3cccc(C(=O)Nc4ccc(C(=O)Nc5ccc(C)cc5)cc4)c3)C(=O)[C@@H]2C1. The van der Waals surface area contributed by atoms with Crippen LogP contribution in [-0.4, -0.2) is 23.6 Å². The second-order valence-corrected chi connectivity index (χ2v) is 9.62. The molecule has 2 N–H and O–H groups in total. The molecular weight excluding hydrogens is 466 g/mol. The highest BCUT2D eigenvalue weighted by molar-refractivity contribution is 6.22. The van der Waals surface area contributed by atoms with Gasteiger partial charge in [0, 0.05) is 22.5 Å². The zero-order chi connectivity index (χ0) is 26.1. The number of imide groups is 1. The first kappa shape index (κ1) is 24.2. The Morgan fingerprint density at radius 2 is 1.35 bits per heavy atom. The number of allylic oxidation sites excluding steroid dienone is 2. The van der Waals surface area contributed by atoms with E-state index < -0.39 is 0 Å². The maximum absolute atomic E-state index is 13.0. The highest BCUT2D eigenvalue weighted by Crippen LogP contribution is 2.39. The number of carbonyl (C=O) groups is 4. The van der Waals surface area contributed by atoms with Crippen molar-refractivity contribution in [1.82, 2.24) is 0 Å². The van der Waals surface area contributed by atoms with Gasteiger partial charge in [0.1, 0.15) is 0 Å². The number of hydrogen-bond donors (Lipinski definition) is 2. The van der Waals surface area contributed by atoms with E-state index in [-0.39, 0.29) is 35.5 Å². The molecule has 186 valence electrons. The minimum Gasteiger partial charge on any atom is -0.322 e. The molecule has 1 saturated heterocycles. The van der Waals surface area contributed by atoms with Crippen molar-refractivity contribution >= 4 is 40.7 Å². The average Bonchev–Trinajstić information content (AvgIpc) is 3.14. The minimum absolute atomic E-state index is 0.209. The number of rotatable bonds is 5. The predicted molar refractivity (Wildman–Crippen MR) is 142 cm³/mol. The first-order valence-corrected chi connectivity index (χ1v) is 12.2. The summed E-state index contributed by atoms with van der Waals surface area (Å²) < 4.78 is 0. The predicted octanol–water partition coefficient (Wildman–Crippen LogP) is 5.35. The summed E-state index contributed by atoms with van der Waals surface area (Å²) in [5.41, 5.74) is 4.62. The number of nitrogens with one attached hydrogen (secondary N) is 2. The molecule has 3 aromatic rings. The fraction of sp³-hybridized carbons (Fsp3) is 0.200. The third-order valence-electron chi connectivity index (χ3n) is 6.90. The summed E-state index contributed by atoms with van der Waals surface area (Å²) in [4.78, 5) is 52.7. The van der Waals surface area contributed by atoms with Crippen molar-refractivity contribution in [3.8, 4) is 0 Å². The van der Waals surface area contributed by atoms with Crippen molar-refractivity contribution in [2.75, 3.05) is 15.5 Å². The Hall–Kier alpha value is -4.52. The molecule has 0 aromatic heterocycles. The van der Waals surface area contributed by atoms with E-state index in [4.69, 9.17) is 0 Å². The largest absolute Gasteiger partial charge is 0.322 e. The van der Waals surface area contributed by atoms with Crippen LogP contribution in [0.4, 0.5) is 17.1 Å². The molecular formula is C30H27N3O4. The number of hydrogen-bond acceptors (Lipinski definition) is 4. The van der Waals surface area contributed by atoms with Gasteiger partial charge in [-0.25, -0.2) is 0 Å². The Morgan fingerprint density at radius 3 is 2.03 bits per heavy atom. The van der Waals surface area contributed by atoms with Crippen LogP contribution in [0.15, 0.2) is 84.4 Å². The van der Waals surface area contributed by atoms with Gasteiger partial charge in [-0.3, -0.25) is 24.1 Å². The van der Waals surface area contributed by atoms with Crippen molar-refractivity contribution < 1.29 is 19.2 Å². The molecule has 3 aromatic carbocycles. The van der Waals surface area contributed by atoms with Crippen LogP contribution in [0, 0.1) is 18.8 Å². The summed E-state index contributed by atoms with van der Waals surface area (Å²) in [5.74, 6) is -1.73. The minimum atomic E-state index is -0.382. The van der Waals surface area contributed by atoms with Gasteiger partial charge in [-0.2, -0.15) is 0 Å². The molecule has 0 saturated carbocycles. The maximum Gasteiger partial charge on any atom is 0.255 e. The van der Waals surface area contributed by atoms with Crippen molar-refractivity contribution in [3.05, 3.63) is 101 Å². The molecule has 1 heterocycles. The molecule has 0 unspecified atom stereocenters. The number of anilines is 3. The van der Waals surface area contributed by atoms with E-state index in [1.165, 1.54) is 4.90 Å². The molecule has 2 aliphatic rings. The van der Waals surface area contributed by atoms with Gasteiger partial charge in [0.05, 0.1) is 17.5 Å². The molecule has 1 aliphatic heterocycles. The molecule has 4 amide bonds. The molecule has 2 atom stereocenters. The van der Waals surface area contributed by atoms with Gasteiger partial charge in [0.25, 0.3) is 11.8 Å². The monoisotopic (exact) mass is 493 g/mol. The van der Waals surface area contributed by atoms with Crippen LogP contribution in [0.3, 0.4) is 0 Å². The van der Waals surface area contributed by atoms with Crippen molar-refractivity contribution in [3.63, 3.8) is 0 Å². The molecule has 7 nitrogen and oxygen atoms in total. The van der Waals surface area contributed by atoms with Crippen molar-refractivity contribution in [2.45, 2.75) is 26.7 Å². The quantitative estimate of drug-likeness (QED) is 0.370. The number of amides is 4. The molecule has 5 rings (SSSR count). The number of fused-ring (bicyclic) bond motifs is 1. The van der Waals surface area contributed by atoms with Crippen LogP contribution in [-0.2, 0) is 9.59 Å². The van der Waals surface area contributed by atoms with Gasteiger partial charge in [0.2, 0.25) is 11.8 Å². The molecule has 1 aliphatic carbocycles. The zero-order valence-corrected chi connectivity index (χ0v) is 20.7. The summed E-state index contributed by atoms with van der Waals surface area (Å²) in [6, 6.07) is 20.6. The standard InChI is InChI=1S/C30H27N3O4/c1-18-6-11-22(12-7-18)31-27(34)20-9-13-23(14-10-20)32-28(35)21-4-3-5-24(17-21)33-29(36)25-15-8-19(2)16-26(25)30(33)37/h3-14,17,25-26H,15-16H2,1-2H3,(H,31,34)(H,32,35)/t25-,26-/m1/s1. The summed E-state index contributed by atoms with van der Waals surface area (Å²) in [6.07, 6.45) is 3.18. The lowest BCUT2D eigenvalue weighted by atomic mass is 9.82. The normalized spacial score (nSPS) is 18.8. The Kier molecular flexibility index (Phi) is 6.44. The molecule has 0 spiro atoms. The summed E-state index contributed by atoms with van der Waals surface area (Å²) >= 11 is 0. The van der Waals surface area contributed by atoms with E-state index in [0.29, 0.717) is 41.0 Å². The van der Waals surface area contributed by atoms with Crippen LogP contribution >= 0.6 is 0 Å². The van der Waals surface area contributed by atoms with E-state index >= 15 is 0 Å². The number of benzene rings is 3. The average molecular weight is 494 g/mol. The van der Waals surface area contributed by atoms with Gasteiger partial charge in [-0.1, -0.05) is 35.4 Å². The van der Waals surface area contributed by atoms with E-state index in [1.54, 1.807) is 48.5 Å². The fourth-order valence-electron chi connectivity index (χ4n) is 4.83. The molecule has 0 radical (unpaired) electrons. The van der Waals surface area contributed by atoms with Crippen LogP contribution in [0.5, 0.6) is 0 Å². The lowest BCUT2D eigenvalue weighted by Crippen LogP contribution is -2.31. The Bertz CT molecular complexity index is 1420. The number of carbonyl (C=O) groups excluding carboxylic acids is 4. The Balaban J connectivity index is 1.26. The van der Waals surface area contributed by atoms with Crippen LogP contribution in [0.2, 0.25) is 0 Å². The number of aryl methyl sites for hydroxylation is 1. The van der Waals surface area contributed by atoms with Gasteiger partial charge < -0.3 is 10.6 Å². The molecule has 37 heavy (non-hydrogen) atoms. The van der Waals surface area contributed by atoms with Crippen LogP contribution in [0.1, 0.15) is 46.0 Å². The van der Waals surface area contributed by atoms with Crippen LogP contribution in [0.25, 0.3) is 0 Å². The van der Waals surface area contributed by atoms with Gasteiger partial charge in [-0.05, 0) is 81.3 Å². The van der Waals surface area contributed by atoms with Gasteiger partial charge in [0.15, 0.2) is 0 Å². The second kappa shape index (κ2) is 9.85.